The highest BCUT2D eigenvalue weighted by molar-refractivity contribution is 7.81. The summed E-state index contributed by atoms with van der Waals surface area (Å²) in [7, 11) is 4.04. The third kappa shape index (κ3) is 6.49. The summed E-state index contributed by atoms with van der Waals surface area (Å²) in [5.74, 6) is 0.274. The smallest absolute Gasteiger partial charge is 0.229 e. The minimum atomic E-state index is 0.00425. The van der Waals surface area contributed by atoms with Gasteiger partial charge < -0.3 is 10.2 Å². The van der Waals surface area contributed by atoms with Gasteiger partial charge in [-0.3, -0.25) is 4.79 Å². The van der Waals surface area contributed by atoms with Crippen LogP contribution in [0, 0.1) is 0 Å². The van der Waals surface area contributed by atoms with Gasteiger partial charge in [0.25, 0.3) is 0 Å². The maximum atomic E-state index is 10.9. The Hall–Kier alpha value is -0.220. The quantitative estimate of drug-likeness (QED) is 0.614. The number of amides is 1. The van der Waals surface area contributed by atoms with Crippen molar-refractivity contribution in [2.75, 3.05) is 26.4 Å². The second-order valence-electron chi connectivity index (χ2n) is 3.22. The van der Waals surface area contributed by atoms with Gasteiger partial charge in [0.05, 0.1) is 5.75 Å². The Kier molecular flexibility index (Phi) is 6.20. The molecule has 0 bridgehead atoms. The minimum absolute atomic E-state index is 0.00425. The highest BCUT2D eigenvalue weighted by Gasteiger charge is 2.04. The van der Waals surface area contributed by atoms with Crippen LogP contribution in [0.25, 0.3) is 0 Å². The third-order valence-corrected chi connectivity index (χ3v) is 1.85. The van der Waals surface area contributed by atoms with Gasteiger partial charge in [0.15, 0.2) is 0 Å². The average Bonchev–Trinajstić information content (AvgIpc) is 2.00. The molecule has 0 rings (SSSR count). The van der Waals surface area contributed by atoms with Crippen molar-refractivity contribution >= 4 is 18.5 Å². The van der Waals surface area contributed by atoms with Gasteiger partial charge in [-0.2, -0.15) is 12.6 Å². The molecule has 0 aliphatic heterocycles. The van der Waals surface area contributed by atoms with Gasteiger partial charge in [-0.1, -0.05) is 0 Å². The summed E-state index contributed by atoms with van der Waals surface area (Å²) in [4.78, 5) is 13.0. The summed E-state index contributed by atoms with van der Waals surface area (Å²) in [6, 6.07) is 0.243. The predicted octanol–water partition coefficient (Wildman–Crippen LogP) is 0.373. The molecule has 0 saturated carbocycles. The number of hydrogen-bond donors (Lipinski definition) is 2. The zero-order chi connectivity index (χ0) is 9.56. The second-order valence-corrected chi connectivity index (χ2v) is 3.53. The van der Waals surface area contributed by atoms with Gasteiger partial charge in [-0.25, -0.2) is 0 Å². The Morgan fingerprint density at radius 3 is 2.58 bits per heavy atom. The van der Waals surface area contributed by atoms with Crippen molar-refractivity contribution in [3.05, 3.63) is 0 Å². The first kappa shape index (κ1) is 11.8. The Morgan fingerprint density at radius 1 is 1.58 bits per heavy atom. The number of nitrogens with zero attached hydrogens (tertiary/aromatic N) is 1. The standard InChI is InChI=1S/C8H18N2OS/c1-7(4-5-10(2)3)9-8(11)6-12/h7,12H,4-6H2,1-3H3,(H,9,11). The van der Waals surface area contributed by atoms with E-state index in [9.17, 15) is 4.79 Å². The van der Waals surface area contributed by atoms with Crippen molar-refractivity contribution in [1.82, 2.24) is 10.2 Å². The van der Waals surface area contributed by atoms with Gasteiger partial charge >= 0.3 is 0 Å². The van der Waals surface area contributed by atoms with E-state index in [1.807, 2.05) is 21.0 Å². The van der Waals surface area contributed by atoms with Gasteiger partial charge in [0, 0.05) is 6.04 Å². The molecule has 0 aliphatic rings. The van der Waals surface area contributed by atoms with Crippen LogP contribution >= 0.6 is 12.6 Å². The van der Waals surface area contributed by atoms with Crippen LogP contribution < -0.4 is 5.32 Å². The summed E-state index contributed by atoms with van der Waals surface area (Å²) in [5.41, 5.74) is 0. The number of carbonyl (C=O) groups excluding carboxylic acids is 1. The van der Waals surface area contributed by atoms with E-state index in [-0.39, 0.29) is 17.7 Å². The number of hydrogen-bond acceptors (Lipinski definition) is 3. The molecule has 0 aromatic rings. The summed E-state index contributed by atoms with van der Waals surface area (Å²) in [6.07, 6.45) is 0.979. The third-order valence-electron chi connectivity index (χ3n) is 1.56. The molecule has 0 saturated heterocycles. The summed E-state index contributed by atoms with van der Waals surface area (Å²) >= 11 is 3.88. The van der Waals surface area contributed by atoms with Gasteiger partial charge in [-0.15, -0.1) is 0 Å². The maximum Gasteiger partial charge on any atom is 0.229 e. The maximum absolute atomic E-state index is 10.9. The molecule has 0 radical (unpaired) electrons. The molecule has 0 aromatic heterocycles. The van der Waals surface area contributed by atoms with E-state index in [2.05, 4.69) is 22.8 Å². The van der Waals surface area contributed by atoms with E-state index in [1.54, 1.807) is 0 Å². The molecule has 3 nitrogen and oxygen atoms in total. The van der Waals surface area contributed by atoms with Crippen LogP contribution in [0.2, 0.25) is 0 Å². The first-order valence-corrected chi connectivity index (χ1v) is 4.74. The highest BCUT2D eigenvalue weighted by Crippen LogP contribution is 1.92. The largest absolute Gasteiger partial charge is 0.353 e. The fourth-order valence-corrected chi connectivity index (χ4v) is 0.936. The second kappa shape index (κ2) is 6.31. The Bertz CT molecular complexity index is 139. The normalized spacial score (nSPS) is 13.1. The SMILES string of the molecule is CC(CCN(C)C)NC(=O)CS. The van der Waals surface area contributed by atoms with E-state index >= 15 is 0 Å². The fraction of sp³-hybridized carbons (Fsp3) is 0.875. The molecule has 1 N–H and O–H groups in total. The topological polar surface area (TPSA) is 32.3 Å². The number of carbonyl (C=O) groups is 1. The molecule has 0 fully saturated rings. The Balaban J connectivity index is 3.45. The Labute approximate surface area is 79.9 Å². The van der Waals surface area contributed by atoms with Crippen LogP contribution in [0.4, 0.5) is 0 Å². The molecule has 12 heavy (non-hydrogen) atoms. The van der Waals surface area contributed by atoms with Crippen LogP contribution in [0.15, 0.2) is 0 Å². The monoisotopic (exact) mass is 190 g/mol. The molecule has 0 aromatic carbocycles. The first-order valence-electron chi connectivity index (χ1n) is 4.11. The van der Waals surface area contributed by atoms with E-state index < -0.39 is 0 Å². The van der Waals surface area contributed by atoms with Crippen molar-refractivity contribution in [3.8, 4) is 0 Å². The van der Waals surface area contributed by atoms with E-state index in [4.69, 9.17) is 0 Å². The molecule has 1 amide bonds. The zero-order valence-corrected chi connectivity index (χ0v) is 8.90. The van der Waals surface area contributed by atoms with Crippen molar-refractivity contribution in [2.45, 2.75) is 19.4 Å². The van der Waals surface area contributed by atoms with Crippen LogP contribution in [-0.4, -0.2) is 43.2 Å². The average molecular weight is 190 g/mol. The molecule has 4 heteroatoms. The molecule has 0 heterocycles. The molecule has 0 aliphatic carbocycles. The lowest BCUT2D eigenvalue weighted by molar-refractivity contribution is -0.119. The van der Waals surface area contributed by atoms with E-state index in [0.29, 0.717) is 0 Å². The molecular formula is C8H18N2OS. The molecule has 0 spiro atoms. The summed E-state index contributed by atoms with van der Waals surface area (Å²) in [5, 5.41) is 2.84. The summed E-state index contributed by atoms with van der Waals surface area (Å²) < 4.78 is 0. The lowest BCUT2D eigenvalue weighted by Crippen LogP contribution is -2.35. The van der Waals surface area contributed by atoms with Gasteiger partial charge in [-0.05, 0) is 34.0 Å². The zero-order valence-electron chi connectivity index (χ0n) is 8.00. The number of nitrogens with one attached hydrogen (secondary N) is 1. The molecule has 72 valence electrons. The predicted molar refractivity (Wildman–Crippen MR) is 54.6 cm³/mol. The number of rotatable bonds is 5. The Morgan fingerprint density at radius 2 is 2.17 bits per heavy atom. The molecule has 1 atom stereocenters. The minimum Gasteiger partial charge on any atom is -0.353 e. The van der Waals surface area contributed by atoms with Gasteiger partial charge in [0.1, 0.15) is 0 Å². The summed E-state index contributed by atoms with van der Waals surface area (Å²) in [6.45, 7) is 3.00. The fourth-order valence-electron chi connectivity index (χ4n) is 0.844. The lowest BCUT2D eigenvalue weighted by atomic mass is 10.2. The lowest BCUT2D eigenvalue weighted by Gasteiger charge is -2.15. The van der Waals surface area contributed by atoms with Crippen molar-refractivity contribution in [3.63, 3.8) is 0 Å². The van der Waals surface area contributed by atoms with Gasteiger partial charge in [0.2, 0.25) is 5.91 Å². The van der Waals surface area contributed by atoms with Crippen molar-refractivity contribution in [1.29, 1.82) is 0 Å². The van der Waals surface area contributed by atoms with Crippen LogP contribution in [0.1, 0.15) is 13.3 Å². The number of thiol groups is 1. The van der Waals surface area contributed by atoms with E-state index in [1.165, 1.54) is 0 Å². The van der Waals surface area contributed by atoms with Crippen LogP contribution in [-0.2, 0) is 4.79 Å². The first-order chi connectivity index (χ1) is 5.56. The molecular weight excluding hydrogens is 172 g/mol. The molecule has 1 unspecified atom stereocenters. The van der Waals surface area contributed by atoms with E-state index in [0.717, 1.165) is 13.0 Å². The van der Waals surface area contributed by atoms with Crippen molar-refractivity contribution in [2.24, 2.45) is 0 Å². The van der Waals surface area contributed by atoms with Crippen LogP contribution in [0.3, 0.4) is 0 Å². The highest BCUT2D eigenvalue weighted by atomic mass is 32.1. The van der Waals surface area contributed by atoms with Crippen molar-refractivity contribution < 1.29 is 4.79 Å². The van der Waals surface area contributed by atoms with Crippen LogP contribution in [0.5, 0.6) is 0 Å².